The Bertz CT molecular complexity index is 546. The van der Waals surface area contributed by atoms with E-state index in [-0.39, 0.29) is 0 Å². The Labute approximate surface area is 116 Å². The number of hydrogen-bond donors (Lipinski definition) is 1. The molecule has 0 bridgehead atoms. The second-order valence-corrected chi connectivity index (χ2v) is 5.86. The van der Waals surface area contributed by atoms with Crippen LogP contribution < -0.4 is 5.32 Å². The highest BCUT2D eigenvalue weighted by atomic mass is 32.2. The molecule has 1 unspecified atom stereocenters. The molecule has 1 aliphatic carbocycles. The van der Waals surface area contributed by atoms with Crippen LogP contribution in [0.5, 0.6) is 0 Å². The lowest BCUT2D eigenvalue weighted by atomic mass is 10.1. The van der Waals surface area contributed by atoms with Crippen molar-refractivity contribution in [2.75, 3.05) is 7.05 Å². The molecule has 0 radical (unpaired) electrons. The van der Waals surface area contributed by atoms with E-state index >= 15 is 0 Å². The molecule has 19 heavy (non-hydrogen) atoms. The lowest BCUT2D eigenvalue weighted by Crippen LogP contribution is -2.11. The number of tetrazole rings is 1. The summed E-state index contributed by atoms with van der Waals surface area (Å²) in [5.74, 6) is 0. The fraction of sp³-hybridized carbons (Fsp3) is 0.462. The Balaban J connectivity index is 1.74. The summed E-state index contributed by atoms with van der Waals surface area (Å²) in [4.78, 5) is 1.17. The molecule has 0 spiro atoms. The van der Waals surface area contributed by atoms with Crippen molar-refractivity contribution in [2.45, 2.75) is 41.9 Å². The van der Waals surface area contributed by atoms with E-state index in [1.807, 2.05) is 11.7 Å². The predicted molar refractivity (Wildman–Crippen MR) is 74.1 cm³/mol. The molecule has 6 heteroatoms. The van der Waals surface area contributed by atoms with Crippen molar-refractivity contribution < 1.29 is 0 Å². The molecule has 1 aliphatic rings. The Morgan fingerprint density at radius 2 is 2.05 bits per heavy atom. The van der Waals surface area contributed by atoms with Gasteiger partial charge in [0.25, 0.3) is 0 Å². The van der Waals surface area contributed by atoms with Crippen molar-refractivity contribution in [3.8, 4) is 0 Å². The van der Waals surface area contributed by atoms with Crippen molar-refractivity contribution in [2.24, 2.45) is 0 Å². The summed E-state index contributed by atoms with van der Waals surface area (Å²) in [6.07, 6.45) is 2.38. The van der Waals surface area contributed by atoms with Crippen LogP contribution in [0.2, 0.25) is 0 Å². The topological polar surface area (TPSA) is 55.6 Å². The number of nitrogens with zero attached hydrogens (tertiary/aromatic N) is 4. The molecule has 1 aromatic heterocycles. The van der Waals surface area contributed by atoms with Gasteiger partial charge in [0.05, 0.1) is 6.04 Å². The summed E-state index contributed by atoms with van der Waals surface area (Å²) >= 11 is 1.62. The van der Waals surface area contributed by atoms with Crippen LogP contribution in [-0.4, -0.2) is 27.3 Å². The first kappa shape index (κ1) is 12.6. The van der Waals surface area contributed by atoms with Crippen molar-refractivity contribution >= 4 is 11.8 Å². The number of rotatable bonds is 5. The van der Waals surface area contributed by atoms with Crippen molar-refractivity contribution in [1.29, 1.82) is 0 Å². The van der Waals surface area contributed by atoms with Crippen molar-refractivity contribution in [1.82, 2.24) is 25.5 Å². The molecule has 5 nitrogen and oxygen atoms in total. The maximum absolute atomic E-state index is 4.10. The van der Waals surface area contributed by atoms with Gasteiger partial charge >= 0.3 is 0 Å². The smallest absolute Gasteiger partial charge is 0.214 e. The SMILES string of the molecule is CNC(C)c1ccc(Sc2nnnn2C2CC2)cc1. The van der Waals surface area contributed by atoms with Crippen LogP contribution in [0, 0.1) is 0 Å². The Hall–Kier alpha value is -1.40. The Morgan fingerprint density at radius 3 is 2.68 bits per heavy atom. The molecule has 1 heterocycles. The monoisotopic (exact) mass is 275 g/mol. The van der Waals surface area contributed by atoms with Crippen LogP contribution >= 0.6 is 11.8 Å². The molecule has 100 valence electrons. The maximum Gasteiger partial charge on any atom is 0.214 e. The molecule has 0 saturated heterocycles. The molecule has 1 fully saturated rings. The third-order valence-corrected chi connectivity index (χ3v) is 4.34. The summed E-state index contributed by atoms with van der Waals surface area (Å²) in [6.45, 7) is 2.15. The molecular formula is C13H17N5S. The first-order valence-corrected chi connectivity index (χ1v) is 7.32. The van der Waals surface area contributed by atoms with E-state index in [0.29, 0.717) is 12.1 Å². The Kier molecular flexibility index (Phi) is 3.52. The van der Waals surface area contributed by atoms with Crippen LogP contribution in [-0.2, 0) is 0 Å². The highest BCUT2D eigenvalue weighted by molar-refractivity contribution is 7.99. The van der Waals surface area contributed by atoms with Gasteiger partial charge in [-0.25, -0.2) is 4.68 Å². The van der Waals surface area contributed by atoms with Gasteiger partial charge in [-0.1, -0.05) is 12.1 Å². The molecule has 1 N–H and O–H groups in total. The normalized spacial score (nSPS) is 16.5. The van der Waals surface area contributed by atoms with Gasteiger partial charge in [0, 0.05) is 10.9 Å². The van der Waals surface area contributed by atoms with E-state index < -0.39 is 0 Å². The average Bonchev–Trinajstić information content (AvgIpc) is 3.19. The van der Waals surface area contributed by atoms with Gasteiger partial charge in [0.1, 0.15) is 0 Å². The summed E-state index contributed by atoms with van der Waals surface area (Å²) in [7, 11) is 1.97. The number of nitrogens with one attached hydrogen (secondary N) is 1. The lowest BCUT2D eigenvalue weighted by molar-refractivity contribution is 0.565. The number of benzene rings is 1. The molecule has 0 aliphatic heterocycles. The van der Waals surface area contributed by atoms with Gasteiger partial charge < -0.3 is 5.32 Å². The summed E-state index contributed by atoms with van der Waals surface area (Å²) < 4.78 is 1.94. The highest BCUT2D eigenvalue weighted by Crippen LogP contribution is 2.38. The second kappa shape index (κ2) is 5.30. The third kappa shape index (κ3) is 2.79. The van der Waals surface area contributed by atoms with E-state index in [0.717, 1.165) is 5.16 Å². The molecule has 1 atom stereocenters. The van der Waals surface area contributed by atoms with Gasteiger partial charge in [0.15, 0.2) is 0 Å². The minimum Gasteiger partial charge on any atom is -0.313 e. The quantitative estimate of drug-likeness (QED) is 0.908. The molecular weight excluding hydrogens is 258 g/mol. The van der Waals surface area contributed by atoms with Gasteiger partial charge in [-0.15, -0.1) is 5.10 Å². The predicted octanol–water partition coefficient (Wildman–Crippen LogP) is 2.44. The lowest BCUT2D eigenvalue weighted by Gasteiger charge is -2.10. The largest absolute Gasteiger partial charge is 0.313 e. The van der Waals surface area contributed by atoms with Crippen molar-refractivity contribution in [3.63, 3.8) is 0 Å². The van der Waals surface area contributed by atoms with Gasteiger partial charge in [0.2, 0.25) is 5.16 Å². The molecule has 2 aromatic rings. The average molecular weight is 275 g/mol. The maximum atomic E-state index is 4.10. The molecule has 1 saturated carbocycles. The van der Waals surface area contributed by atoms with Crippen LogP contribution in [0.1, 0.15) is 37.4 Å². The standard InChI is InChI=1S/C13H17N5S/c1-9(14-2)10-3-7-12(8-4-10)19-13-15-16-17-18(13)11-5-6-11/h3-4,7-9,11,14H,5-6H2,1-2H3. The van der Waals surface area contributed by atoms with E-state index in [1.165, 1.54) is 23.3 Å². The van der Waals surface area contributed by atoms with Crippen LogP contribution in [0.15, 0.2) is 34.3 Å². The summed E-state index contributed by atoms with van der Waals surface area (Å²) in [5, 5.41) is 16.0. The Morgan fingerprint density at radius 1 is 1.32 bits per heavy atom. The zero-order valence-electron chi connectivity index (χ0n) is 11.1. The fourth-order valence-electron chi connectivity index (χ4n) is 1.90. The van der Waals surface area contributed by atoms with Crippen molar-refractivity contribution in [3.05, 3.63) is 29.8 Å². The summed E-state index contributed by atoms with van der Waals surface area (Å²) in [6, 6.07) is 9.43. The van der Waals surface area contributed by atoms with Gasteiger partial charge in [-0.3, -0.25) is 0 Å². The fourth-order valence-corrected chi connectivity index (χ4v) is 2.74. The number of aromatic nitrogens is 4. The highest BCUT2D eigenvalue weighted by Gasteiger charge is 2.28. The molecule has 1 aromatic carbocycles. The zero-order valence-corrected chi connectivity index (χ0v) is 11.9. The third-order valence-electron chi connectivity index (χ3n) is 3.38. The second-order valence-electron chi connectivity index (χ2n) is 4.82. The van der Waals surface area contributed by atoms with Crippen LogP contribution in [0.25, 0.3) is 0 Å². The minimum atomic E-state index is 0.371. The number of hydrogen-bond acceptors (Lipinski definition) is 5. The molecule has 0 amide bonds. The minimum absolute atomic E-state index is 0.371. The van der Waals surface area contributed by atoms with Crippen LogP contribution in [0.3, 0.4) is 0 Å². The van der Waals surface area contributed by atoms with Crippen LogP contribution in [0.4, 0.5) is 0 Å². The van der Waals surface area contributed by atoms with E-state index in [1.54, 1.807) is 11.8 Å². The summed E-state index contributed by atoms with van der Waals surface area (Å²) in [5.41, 5.74) is 1.29. The van der Waals surface area contributed by atoms with E-state index in [9.17, 15) is 0 Å². The zero-order chi connectivity index (χ0) is 13.2. The molecule has 3 rings (SSSR count). The van der Waals surface area contributed by atoms with E-state index in [2.05, 4.69) is 52.0 Å². The first-order chi connectivity index (χ1) is 9.28. The van der Waals surface area contributed by atoms with Gasteiger partial charge in [-0.05, 0) is 66.7 Å². The first-order valence-electron chi connectivity index (χ1n) is 6.51. The van der Waals surface area contributed by atoms with Gasteiger partial charge in [-0.2, -0.15) is 0 Å². The van der Waals surface area contributed by atoms with E-state index in [4.69, 9.17) is 0 Å².